The van der Waals surface area contributed by atoms with Gasteiger partial charge in [0.2, 0.25) is 0 Å². The lowest BCUT2D eigenvalue weighted by molar-refractivity contribution is -0.125. The molecule has 3 unspecified atom stereocenters. The van der Waals surface area contributed by atoms with Crippen LogP contribution in [0.3, 0.4) is 0 Å². The Hall–Kier alpha value is -0.0400. The summed E-state index contributed by atoms with van der Waals surface area (Å²) >= 11 is 0. The Morgan fingerprint density at radius 3 is 2.52 bits per heavy atom. The van der Waals surface area contributed by atoms with Gasteiger partial charge in [-0.25, -0.2) is 0 Å². The molecular weight excluding hydrogens is 377 g/mol. The van der Waals surface area contributed by atoms with E-state index in [1.54, 1.807) is 0 Å². The van der Waals surface area contributed by atoms with E-state index in [1.807, 2.05) is 7.05 Å². The minimum atomic E-state index is 0. The molecule has 2 N–H and O–H groups in total. The average Bonchev–Trinajstić information content (AvgIpc) is 2.97. The van der Waals surface area contributed by atoms with Gasteiger partial charge in [-0.15, -0.1) is 24.0 Å². The second-order valence-corrected chi connectivity index (χ2v) is 6.34. The Morgan fingerprint density at radius 1 is 1.33 bits per heavy atom. The van der Waals surface area contributed by atoms with Gasteiger partial charge in [-0.2, -0.15) is 0 Å². The Labute approximate surface area is 146 Å². The molecule has 3 atom stereocenters. The van der Waals surface area contributed by atoms with Crippen molar-refractivity contribution in [2.24, 2.45) is 10.4 Å². The molecule has 2 fully saturated rings. The summed E-state index contributed by atoms with van der Waals surface area (Å²) in [4.78, 5) is 4.38. The highest BCUT2D eigenvalue weighted by Crippen LogP contribution is 2.54. The van der Waals surface area contributed by atoms with Gasteiger partial charge < -0.3 is 15.4 Å². The molecule has 1 spiro atoms. The third kappa shape index (κ3) is 4.03. The molecule has 0 saturated heterocycles. The van der Waals surface area contributed by atoms with Crippen molar-refractivity contribution < 1.29 is 4.74 Å². The van der Waals surface area contributed by atoms with Gasteiger partial charge in [-0.3, -0.25) is 4.99 Å². The van der Waals surface area contributed by atoms with Gasteiger partial charge in [0.1, 0.15) is 0 Å². The quantitative estimate of drug-likeness (QED) is 0.416. The summed E-state index contributed by atoms with van der Waals surface area (Å²) in [6, 6.07) is 0.986. The van der Waals surface area contributed by atoms with Gasteiger partial charge in [0.15, 0.2) is 5.96 Å². The first-order valence-electron chi connectivity index (χ1n) is 8.27. The molecule has 0 aromatic heterocycles. The van der Waals surface area contributed by atoms with Crippen molar-refractivity contribution in [3.8, 4) is 0 Å². The molecule has 2 aliphatic rings. The van der Waals surface area contributed by atoms with Crippen molar-refractivity contribution in [1.82, 2.24) is 10.6 Å². The Kier molecular flexibility index (Phi) is 7.74. The van der Waals surface area contributed by atoms with E-state index in [0.717, 1.165) is 25.4 Å². The molecule has 0 radical (unpaired) electrons. The van der Waals surface area contributed by atoms with Crippen molar-refractivity contribution >= 4 is 29.9 Å². The van der Waals surface area contributed by atoms with Crippen LogP contribution in [0.2, 0.25) is 0 Å². The minimum absolute atomic E-state index is 0. The van der Waals surface area contributed by atoms with E-state index in [-0.39, 0.29) is 24.0 Å². The maximum absolute atomic E-state index is 5.96. The van der Waals surface area contributed by atoms with Gasteiger partial charge in [0.25, 0.3) is 0 Å². The lowest BCUT2D eigenvalue weighted by Crippen LogP contribution is -2.65. The van der Waals surface area contributed by atoms with E-state index < -0.39 is 0 Å². The highest BCUT2D eigenvalue weighted by molar-refractivity contribution is 14.0. The van der Waals surface area contributed by atoms with Gasteiger partial charge in [0, 0.05) is 31.2 Å². The standard InChI is InChI=1S/C16H31N3O.HI/c1-5-12(3)18-15(17-4)19-13-11-14(20-6-2)16(13)9-7-8-10-16;/h12-14H,5-11H2,1-4H3,(H2,17,18,19);1H. The molecule has 0 bridgehead atoms. The van der Waals surface area contributed by atoms with Crippen molar-refractivity contribution in [2.45, 2.75) is 77.5 Å². The molecule has 0 heterocycles. The lowest BCUT2D eigenvalue weighted by atomic mass is 9.60. The van der Waals surface area contributed by atoms with Crippen LogP contribution in [-0.4, -0.2) is 37.8 Å². The van der Waals surface area contributed by atoms with E-state index in [4.69, 9.17) is 4.74 Å². The number of rotatable bonds is 5. The summed E-state index contributed by atoms with van der Waals surface area (Å²) in [5.74, 6) is 0.950. The number of halogens is 1. The van der Waals surface area contributed by atoms with Crippen molar-refractivity contribution in [2.75, 3.05) is 13.7 Å². The second-order valence-electron chi connectivity index (χ2n) is 6.34. The van der Waals surface area contributed by atoms with Crippen LogP contribution >= 0.6 is 24.0 Å². The molecule has 5 heteroatoms. The van der Waals surface area contributed by atoms with E-state index >= 15 is 0 Å². The van der Waals surface area contributed by atoms with Crippen molar-refractivity contribution in [1.29, 1.82) is 0 Å². The molecule has 2 aliphatic carbocycles. The third-order valence-corrected chi connectivity index (χ3v) is 5.22. The van der Waals surface area contributed by atoms with E-state index in [0.29, 0.717) is 23.6 Å². The van der Waals surface area contributed by atoms with Crippen LogP contribution in [0.5, 0.6) is 0 Å². The predicted molar refractivity (Wildman–Crippen MR) is 99.5 cm³/mol. The zero-order valence-electron chi connectivity index (χ0n) is 13.9. The SMILES string of the molecule is CCOC1CC(NC(=NC)NC(C)CC)C12CCCC2.I. The molecule has 0 amide bonds. The molecule has 124 valence electrons. The number of hydrogen-bond acceptors (Lipinski definition) is 2. The van der Waals surface area contributed by atoms with E-state index in [1.165, 1.54) is 25.7 Å². The first-order chi connectivity index (χ1) is 9.66. The second kappa shape index (κ2) is 8.56. The van der Waals surface area contributed by atoms with Gasteiger partial charge in [0.05, 0.1) is 6.10 Å². The normalized spacial score (nSPS) is 28.7. The maximum atomic E-state index is 5.96. The molecule has 0 aromatic rings. The summed E-state index contributed by atoms with van der Waals surface area (Å²) in [7, 11) is 1.86. The van der Waals surface area contributed by atoms with E-state index in [9.17, 15) is 0 Å². The number of ether oxygens (including phenoxy) is 1. The van der Waals surface area contributed by atoms with Crippen LogP contribution in [0.1, 0.15) is 59.3 Å². The van der Waals surface area contributed by atoms with Crippen molar-refractivity contribution in [3.05, 3.63) is 0 Å². The highest BCUT2D eigenvalue weighted by Gasteiger charge is 2.56. The average molecular weight is 409 g/mol. The minimum Gasteiger partial charge on any atom is -0.378 e. The van der Waals surface area contributed by atoms with Crippen LogP contribution in [0.25, 0.3) is 0 Å². The number of aliphatic imine (C=N–C) groups is 1. The number of nitrogens with one attached hydrogen (secondary N) is 2. The molecule has 21 heavy (non-hydrogen) atoms. The molecular formula is C16H32IN3O. The van der Waals surface area contributed by atoms with Gasteiger partial charge >= 0.3 is 0 Å². The molecule has 4 nitrogen and oxygen atoms in total. The summed E-state index contributed by atoms with van der Waals surface area (Å²) in [5.41, 5.74) is 0.364. The van der Waals surface area contributed by atoms with Crippen LogP contribution in [0.4, 0.5) is 0 Å². The fourth-order valence-electron chi connectivity index (χ4n) is 3.76. The largest absolute Gasteiger partial charge is 0.378 e. The summed E-state index contributed by atoms with van der Waals surface area (Å²) in [6.45, 7) is 7.33. The zero-order valence-corrected chi connectivity index (χ0v) is 16.3. The number of hydrogen-bond donors (Lipinski definition) is 2. The molecule has 2 rings (SSSR count). The van der Waals surface area contributed by atoms with Crippen LogP contribution in [0, 0.1) is 5.41 Å². The Morgan fingerprint density at radius 2 is 2.00 bits per heavy atom. The number of nitrogens with zero attached hydrogens (tertiary/aromatic N) is 1. The Bertz CT molecular complexity index is 342. The third-order valence-electron chi connectivity index (χ3n) is 5.22. The van der Waals surface area contributed by atoms with E-state index in [2.05, 4.69) is 36.4 Å². The predicted octanol–water partition coefficient (Wildman–Crippen LogP) is 3.31. The highest BCUT2D eigenvalue weighted by atomic mass is 127. The summed E-state index contributed by atoms with van der Waals surface area (Å²) in [5, 5.41) is 7.12. The lowest BCUT2D eigenvalue weighted by Gasteiger charge is -2.54. The summed E-state index contributed by atoms with van der Waals surface area (Å²) < 4.78 is 5.96. The monoisotopic (exact) mass is 409 g/mol. The van der Waals surface area contributed by atoms with Gasteiger partial charge in [-0.1, -0.05) is 19.8 Å². The first kappa shape index (κ1) is 19.0. The molecule has 0 aliphatic heterocycles. The zero-order chi connectivity index (χ0) is 14.6. The summed E-state index contributed by atoms with van der Waals surface area (Å²) in [6.07, 6.45) is 7.98. The van der Waals surface area contributed by atoms with Crippen LogP contribution in [-0.2, 0) is 4.74 Å². The van der Waals surface area contributed by atoms with Crippen LogP contribution in [0.15, 0.2) is 4.99 Å². The maximum Gasteiger partial charge on any atom is 0.191 e. The Balaban J connectivity index is 0.00000220. The number of guanidine groups is 1. The fourth-order valence-corrected chi connectivity index (χ4v) is 3.76. The molecule has 2 saturated carbocycles. The van der Waals surface area contributed by atoms with Crippen LogP contribution < -0.4 is 10.6 Å². The molecule has 0 aromatic carbocycles. The fraction of sp³-hybridized carbons (Fsp3) is 0.938. The van der Waals surface area contributed by atoms with Crippen molar-refractivity contribution in [3.63, 3.8) is 0 Å². The van der Waals surface area contributed by atoms with Gasteiger partial charge in [-0.05, 0) is 39.5 Å². The topological polar surface area (TPSA) is 45.6 Å². The first-order valence-corrected chi connectivity index (χ1v) is 8.27. The smallest absolute Gasteiger partial charge is 0.191 e.